The Labute approximate surface area is 174 Å². The Morgan fingerprint density at radius 2 is 1.72 bits per heavy atom. The molecule has 144 valence electrons. The average Bonchev–Trinajstić information content (AvgIpc) is 3.22. The molecule has 2 aromatic carbocycles. The van der Waals surface area contributed by atoms with Crippen molar-refractivity contribution in [2.24, 2.45) is 0 Å². The van der Waals surface area contributed by atoms with Gasteiger partial charge in [-0.2, -0.15) is 0 Å². The van der Waals surface area contributed by atoms with Crippen LogP contribution in [0.5, 0.6) is 0 Å². The van der Waals surface area contributed by atoms with Gasteiger partial charge in [-0.3, -0.25) is 9.78 Å². The molecule has 1 amide bonds. The number of pyridine rings is 1. The molecular formula is C24H21N3OS. The highest BCUT2D eigenvalue weighted by molar-refractivity contribution is 7.13. The minimum atomic E-state index is -0.0154. The number of carbonyl (C=O) groups is 1. The van der Waals surface area contributed by atoms with Crippen molar-refractivity contribution in [1.82, 2.24) is 9.97 Å². The first kappa shape index (κ1) is 19.0. The number of hydrogen-bond acceptors (Lipinski definition) is 4. The second kappa shape index (κ2) is 8.37. The molecule has 0 spiro atoms. The zero-order chi connectivity index (χ0) is 20.2. The minimum Gasteiger partial charge on any atom is -0.326 e. The van der Waals surface area contributed by atoms with Gasteiger partial charge >= 0.3 is 0 Å². The predicted molar refractivity (Wildman–Crippen MR) is 119 cm³/mol. The highest BCUT2D eigenvalue weighted by Crippen LogP contribution is 2.28. The summed E-state index contributed by atoms with van der Waals surface area (Å²) >= 11 is 1.61. The van der Waals surface area contributed by atoms with Gasteiger partial charge in [-0.05, 0) is 43.2 Å². The molecule has 0 atom stereocenters. The third kappa shape index (κ3) is 4.58. The number of aromatic nitrogens is 2. The normalized spacial score (nSPS) is 10.7. The van der Waals surface area contributed by atoms with Crippen molar-refractivity contribution in [3.05, 3.63) is 89.1 Å². The van der Waals surface area contributed by atoms with Crippen molar-refractivity contribution in [3.8, 4) is 21.8 Å². The number of nitrogens with one attached hydrogen (secondary N) is 1. The van der Waals surface area contributed by atoms with Gasteiger partial charge in [-0.25, -0.2) is 4.98 Å². The smallest absolute Gasteiger partial charge is 0.228 e. The van der Waals surface area contributed by atoms with Crippen molar-refractivity contribution >= 4 is 22.9 Å². The molecular weight excluding hydrogens is 378 g/mol. The molecule has 5 heteroatoms. The quantitative estimate of drug-likeness (QED) is 0.470. The molecule has 29 heavy (non-hydrogen) atoms. The van der Waals surface area contributed by atoms with Gasteiger partial charge in [-0.15, -0.1) is 11.3 Å². The van der Waals surface area contributed by atoms with Crippen LogP contribution >= 0.6 is 11.3 Å². The number of aryl methyl sites for hydroxylation is 2. The van der Waals surface area contributed by atoms with Crippen molar-refractivity contribution in [3.63, 3.8) is 0 Å². The van der Waals surface area contributed by atoms with Crippen molar-refractivity contribution in [2.75, 3.05) is 5.32 Å². The van der Waals surface area contributed by atoms with E-state index in [9.17, 15) is 4.79 Å². The fraction of sp³-hybridized carbons (Fsp3) is 0.125. The summed E-state index contributed by atoms with van der Waals surface area (Å²) in [6, 6.07) is 18.0. The van der Waals surface area contributed by atoms with E-state index in [1.54, 1.807) is 23.7 Å². The minimum absolute atomic E-state index is 0.0154. The molecule has 2 aromatic heterocycles. The van der Waals surface area contributed by atoms with Crippen molar-refractivity contribution in [1.29, 1.82) is 0 Å². The van der Waals surface area contributed by atoms with E-state index in [-0.39, 0.29) is 5.91 Å². The number of carbonyl (C=O) groups excluding carboxylic acids is 1. The monoisotopic (exact) mass is 399 g/mol. The molecule has 0 fully saturated rings. The zero-order valence-electron chi connectivity index (χ0n) is 16.3. The number of hydrogen-bond donors (Lipinski definition) is 1. The Morgan fingerprint density at radius 1 is 0.966 bits per heavy atom. The fourth-order valence-electron chi connectivity index (χ4n) is 3.16. The summed E-state index contributed by atoms with van der Waals surface area (Å²) in [6.45, 7) is 4.05. The van der Waals surface area contributed by atoms with Crippen LogP contribution in [0.2, 0.25) is 0 Å². The van der Waals surface area contributed by atoms with Gasteiger partial charge in [0.15, 0.2) is 0 Å². The second-order valence-electron chi connectivity index (χ2n) is 7.01. The van der Waals surface area contributed by atoms with Gasteiger partial charge in [0.1, 0.15) is 5.01 Å². The van der Waals surface area contributed by atoms with Crippen LogP contribution in [-0.4, -0.2) is 15.9 Å². The lowest BCUT2D eigenvalue weighted by Gasteiger charge is -2.09. The van der Waals surface area contributed by atoms with Crippen LogP contribution in [0.15, 0.2) is 72.4 Å². The lowest BCUT2D eigenvalue weighted by atomic mass is 10.1. The van der Waals surface area contributed by atoms with Crippen LogP contribution in [0.4, 0.5) is 5.69 Å². The molecule has 0 saturated heterocycles. The summed E-state index contributed by atoms with van der Waals surface area (Å²) in [7, 11) is 0. The van der Waals surface area contributed by atoms with E-state index >= 15 is 0 Å². The largest absolute Gasteiger partial charge is 0.326 e. The van der Waals surface area contributed by atoms with Crippen molar-refractivity contribution < 1.29 is 4.79 Å². The predicted octanol–water partition coefficient (Wildman–Crippen LogP) is 5.67. The first-order chi connectivity index (χ1) is 14.1. The van der Waals surface area contributed by atoms with Crippen LogP contribution in [0.25, 0.3) is 21.8 Å². The lowest BCUT2D eigenvalue weighted by Crippen LogP contribution is -2.15. The van der Waals surface area contributed by atoms with Gasteiger partial charge in [0.25, 0.3) is 0 Å². The topological polar surface area (TPSA) is 54.9 Å². The first-order valence-corrected chi connectivity index (χ1v) is 10.3. The molecule has 0 unspecified atom stereocenters. The third-order valence-corrected chi connectivity index (χ3v) is 5.59. The van der Waals surface area contributed by atoms with E-state index < -0.39 is 0 Å². The lowest BCUT2D eigenvalue weighted by molar-refractivity contribution is -0.115. The Kier molecular flexibility index (Phi) is 5.49. The van der Waals surface area contributed by atoms with Gasteiger partial charge < -0.3 is 5.32 Å². The Bertz CT molecular complexity index is 1130. The van der Waals surface area contributed by atoms with Gasteiger partial charge in [0.2, 0.25) is 5.91 Å². The molecule has 2 heterocycles. The van der Waals surface area contributed by atoms with E-state index in [2.05, 4.69) is 21.7 Å². The van der Waals surface area contributed by atoms with Gasteiger partial charge in [0, 0.05) is 34.6 Å². The van der Waals surface area contributed by atoms with E-state index in [1.165, 1.54) is 5.56 Å². The Hall–Kier alpha value is -3.31. The Morgan fingerprint density at radius 3 is 2.45 bits per heavy atom. The SMILES string of the molecule is Cc1ccc(NC(=O)Cc2ccc(-c3csc(-c4ccncc4)n3)cc2)c(C)c1. The summed E-state index contributed by atoms with van der Waals surface area (Å²) in [6.07, 6.45) is 3.88. The molecule has 0 bridgehead atoms. The summed E-state index contributed by atoms with van der Waals surface area (Å²) in [5.74, 6) is -0.0154. The summed E-state index contributed by atoms with van der Waals surface area (Å²) in [5.41, 5.74) is 7.14. The molecule has 4 rings (SSSR count). The van der Waals surface area contributed by atoms with Gasteiger partial charge in [-0.1, -0.05) is 42.0 Å². The standard InChI is InChI=1S/C24H21N3OS/c1-16-3-8-21(17(2)13-16)26-23(28)14-18-4-6-19(7-5-18)22-15-29-24(27-22)20-9-11-25-12-10-20/h3-13,15H,14H2,1-2H3,(H,26,28). The summed E-state index contributed by atoms with van der Waals surface area (Å²) in [4.78, 5) is 21.2. The number of nitrogens with zero attached hydrogens (tertiary/aromatic N) is 2. The molecule has 4 aromatic rings. The average molecular weight is 400 g/mol. The van der Waals surface area contributed by atoms with Crippen LogP contribution < -0.4 is 5.32 Å². The number of thiazole rings is 1. The maximum Gasteiger partial charge on any atom is 0.228 e. The Balaban J connectivity index is 1.43. The fourth-order valence-corrected chi connectivity index (χ4v) is 4.00. The first-order valence-electron chi connectivity index (χ1n) is 9.41. The number of benzene rings is 2. The molecule has 0 aliphatic heterocycles. The third-order valence-electron chi connectivity index (χ3n) is 4.70. The van der Waals surface area contributed by atoms with Gasteiger partial charge in [0.05, 0.1) is 12.1 Å². The van der Waals surface area contributed by atoms with E-state index in [1.807, 2.05) is 62.4 Å². The summed E-state index contributed by atoms with van der Waals surface area (Å²) in [5, 5.41) is 6.02. The van der Waals surface area contributed by atoms with Crippen molar-refractivity contribution in [2.45, 2.75) is 20.3 Å². The van der Waals surface area contributed by atoms with E-state index in [4.69, 9.17) is 4.98 Å². The maximum atomic E-state index is 12.4. The van der Waals surface area contributed by atoms with Crippen LogP contribution in [0, 0.1) is 13.8 Å². The maximum absolute atomic E-state index is 12.4. The van der Waals surface area contributed by atoms with Crippen LogP contribution in [0.3, 0.4) is 0 Å². The molecule has 4 nitrogen and oxygen atoms in total. The van der Waals surface area contributed by atoms with E-state index in [0.717, 1.165) is 38.6 Å². The molecule has 1 N–H and O–H groups in total. The number of anilines is 1. The molecule has 0 radical (unpaired) electrons. The summed E-state index contributed by atoms with van der Waals surface area (Å²) < 4.78 is 0. The van der Waals surface area contributed by atoms with Crippen LogP contribution in [-0.2, 0) is 11.2 Å². The van der Waals surface area contributed by atoms with E-state index in [0.29, 0.717) is 6.42 Å². The van der Waals surface area contributed by atoms with Crippen LogP contribution in [0.1, 0.15) is 16.7 Å². The zero-order valence-corrected chi connectivity index (χ0v) is 17.2. The number of amides is 1. The molecule has 0 aliphatic rings. The highest BCUT2D eigenvalue weighted by Gasteiger charge is 2.09. The highest BCUT2D eigenvalue weighted by atomic mass is 32.1. The second-order valence-corrected chi connectivity index (χ2v) is 7.87. The molecule has 0 saturated carbocycles. The number of rotatable bonds is 5. The molecule has 0 aliphatic carbocycles.